The van der Waals surface area contributed by atoms with Gasteiger partial charge in [-0.15, -0.1) is 0 Å². The SMILES string of the molecule is CC1=C(C)C(C)(I)C(I)(C(=O)Cl)C(I)=C1C. The first-order valence-electron chi connectivity index (χ1n) is 4.71. The third kappa shape index (κ3) is 2.03. The lowest BCUT2D eigenvalue weighted by atomic mass is 9.79. The molecule has 0 amide bonds. The maximum absolute atomic E-state index is 11.8. The molecule has 0 bridgehead atoms. The smallest absolute Gasteiger partial charge is 0.244 e. The van der Waals surface area contributed by atoms with Gasteiger partial charge in [-0.1, -0.05) is 50.8 Å². The molecule has 0 spiro atoms. The molecule has 1 rings (SSSR count). The quantitative estimate of drug-likeness (QED) is 0.239. The average molecular weight is 576 g/mol. The molecule has 1 aliphatic rings. The third-order valence-electron chi connectivity index (χ3n) is 3.38. The fourth-order valence-electron chi connectivity index (χ4n) is 1.79. The van der Waals surface area contributed by atoms with E-state index in [1.54, 1.807) is 0 Å². The molecular weight excluding hydrogens is 564 g/mol. The Bertz CT molecular complexity index is 423. The van der Waals surface area contributed by atoms with E-state index in [0.717, 1.165) is 3.58 Å². The summed E-state index contributed by atoms with van der Waals surface area (Å²) in [5.74, 6) is 0. The summed E-state index contributed by atoms with van der Waals surface area (Å²) in [4.78, 5) is 11.8. The summed E-state index contributed by atoms with van der Waals surface area (Å²) in [7, 11) is 0. The minimum absolute atomic E-state index is 0.274. The predicted octanol–water partition coefficient (Wildman–Crippen LogP) is 5.18. The zero-order chi connectivity index (χ0) is 12.9. The first kappa shape index (κ1) is 15.7. The van der Waals surface area contributed by atoms with Gasteiger partial charge in [0, 0.05) is 3.58 Å². The zero-order valence-electron chi connectivity index (χ0n) is 9.42. The van der Waals surface area contributed by atoms with Crippen molar-refractivity contribution in [1.29, 1.82) is 0 Å². The third-order valence-corrected chi connectivity index (χ3v) is 11.4. The molecule has 0 aliphatic heterocycles. The van der Waals surface area contributed by atoms with Gasteiger partial charge in [-0.25, -0.2) is 0 Å². The van der Waals surface area contributed by atoms with Crippen molar-refractivity contribution >= 4 is 84.6 Å². The van der Waals surface area contributed by atoms with Gasteiger partial charge in [-0.2, -0.15) is 0 Å². The molecule has 2 atom stereocenters. The molecule has 0 aromatic carbocycles. The summed E-state index contributed by atoms with van der Waals surface area (Å²) in [5.41, 5.74) is 3.68. The Labute approximate surface area is 142 Å². The Balaban J connectivity index is 3.63. The Kier molecular flexibility index (Phi) is 4.86. The van der Waals surface area contributed by atoms with E-state index < -0.39 is 3.42 Å². The number of allylic oxidation sites excluding steroid dienone is 4. The second-order valence-corrected chi connectivity index (χ2v) is 9.32. The summed E-state index contributed by atoms with van der Waals surface area (Å²) < 4.78 is 0.122. The van der Waals surface area contributed by atoms with Gasteiger partial charge in [0.25, 0.3) is 0 Å². The van der Waals surface area contributed by atoms with Crippen LogP contribution in [0.2, 0.25) is 0 Å². The maximum atomic E-state index is 11.8. The Morgan fingerprint density at radius 2 is 1.62 bits per heavy atom. The predicted molar refractivity (Wildman–Crippen MR) is 95.1 cm³/mol. The fourth-order valence-corrected chi connectivity index (χ4v) is 5.83. The van der Waals surface area contributed by atoms with Crippen molar-refractivity contribution in [2.24, 2.45) is 0 Å². The Hall–Kier alpha value is 1.63. The van der Waals surface area contributed by atoms with Crippen LogP contribution in [0.4, 0.5) is 0 Å². The number of halogens is 4. The van der Waals surface area contributed by atoms with Crippen LogP contribution < -0.4 is 0 Å². The molecule has 0 saturated heterocycles. The summed E-state index contributed by atoms with van der Waals surface area (Å²) in [5, 5.41) is -0.291. The minimum Gasteiger partial charge on any atom is -0.279 e. The van der Waals surface area contributed by atoms with Gasteiger partial charge in [-0.3, -0.25) is 4.79 Å². The summed E-state index contributed by atoms with van der Waals surface area (Å²) in [6.07, 6.45) is 0. The number of carbonyl (C=O) groups excluding carboxylic acids is 1. The second kappa shape index (κ2) is 4.96. The second-order valence-electron chi connectivity index (χ2n) is 4.12. The highest BCUT2D eigenvalue weighted by atomic mass is 127. The number of rotatable bonds is 1. The summed E-state index contributed by atoms with van der Waals surface area (Å²) in [6, 6.07) is 0. The molecular formula is C11H12ClI3O. The molecule has 1 nitrogen and oxygen atoms in total. The van der Waals surface area contributed by atoms with Crippen molar-refractivity contribution in [2.45, 2.75) is 34.5 Å². The van der Waals surface area contributed by atoms with E-state index in [0.29, 0.717) is 0 Å². The molecule has 2 unspecified atom stereocenters. The van der Waals surface area contributed by atoms with Gasteiger partial charge >= 0.3 is 0 Å². The largest absolute Gasteiger partial charge is 0.279 e. The van der Waals surface area contributed by atoms with E-state index in [1.165, 1.54) is 16.7 Å². The van der Waals surface area contributed by atoms with Gasteiger partial charge in [0.05, 0.1) is 3.42 Å². The van der Waals surface area contributed by atoms with Crippen LogP contribution in [0.5, 0.6) is 0 Å². The van der Waals surface area contributed by atoms with Crippen LogP contribution in [-0.2, 0) is 4.79 Å². The molecule has 0 N–H and O–H groups in total. The number of hydrogen-bond donors (Lipinski definition) is 0. The van der Waals surface area contributed by atoms with E-state index in [4.69, 9.17) is 11.6 Å². The minimum atomic E-state index is -0.652. The van der Waals surface area contributed by atoms with Crippen molar-refractivity contribution in [3.05, 3.63) is 20.3 Å². The van der Waals surface area contributed by atoms with Gasteiger partial charge in [-0.05, 0) is 73.0 Å². The van der Waals surface area contributed by atoms with Gasteiger partial charge < -0.3 is 0 Å². The van der Waals surface area contributed by atoms with Gasteiger partial charge in [0.1, 0.15) is 3.42 Å². The number of carbonyl (C=O) groups is 1. The molecule has 0 radical (unpaired) electrons. The lowest BCUT2D eigenvalue weighted by Crippen LogP contribution is -2.50. The normalized spacial score (nSPS) is 35.8. The number of hydrogen-bond acceptors (Lipinski definition) is 1. The summed E-state index contributed by atoms with van der Waals surface area (Å²) in [6.45, 7) is 8.32. The van der Waals surface area contributed by atoms with E-state index in [-0.39, 0.29) is 8.66 Å². The molecule has 0 heterocycles. The first-order valence-corrected chi connectivity index (χ1v) is 8.32. The topological polar surface area (TPSA) is 17.1 Å². The summed E-state index contributed by atoms with van der Waals surface area (Å²) >= 11 is 12.6. The van der Waals surface area contributed by atoms with Crippen molar-refractivity contribution < 1.29 is 4.79 Å². The van der Waals surface area contributed by atoms with E-state index >= 15 is 0 Å². The van der Waals surface area contributed by atoms with Crippen molar-refractivity contribution in [3.63, 3.8) is 0 Å². The monoisotopic (exact) mass is 576 g/mol. The lowest BCUT2D eigenvalue weighted by molar-refractivity contribution is -0.112. The van der Waals surface area contributed by atoms with E-state index in [9.17, 15) is 4.79 Å². The fraction of sp³-hybridized carbons (Fsp3) is 0.545. The molecule has 0 aromatic rings. The molecule has 0 fully saturated rings. The Morgan fingerprint density at radius 1 is 1.19 bits per heavy atom. The Morgan fingerprint density at radius 3 is 2.00 bits per heavy atom. The van der Waals surface area contributed by atoms with Crippen LogP contribution in [0.3, 0.4) is 0 Å². The highest BCUT2D eigenvalue weighted by molar-refractivity contribution is 14.1. The highest BCUT2D eigenvalue weighted by Gasteiger charge is 2.55. The van der Waals surface area contributed by atoms with Crippen LogP contribution in [0, 0.1) is 0 Å². The average Bonchev–Trinajstić information content (AvgIpc) is 2.21. The van der Waals surface area contributed by atoms with Crippen LogP contribution >= 0.6 is 79.4 Å². The van der Waals surface area contributed by atoms with Gasteiger partial charge in [0.15, 0.2) is 0 Å². The highest BCUT2D eigenvalue weighted by Crippen LogP contribution is 2.57. The molecule has 0 saturated carbocycles. The maximum Gasteiger partial charge on any atom is 0.244 e. The van der Waals surface area contributed by atoms with Crippen LogP contribution in [0.1, 0.15) is 27.7 Å². The molecule has 0 aromatic heterocycles. The van der Waals surface area contributed by atoms with Gasteiger partial charge in [0.2, 0.25) is 5.24 Å². The standard InChI is InChI=1S/C11H12ClI3O/c1-5-6(2)8(13)11(15,9(12)16)10(4,14)7(5)3/h1-4H3. The lowest BCUT2D eigenvalue weighted by Gasteiger charge is -2.44. The van der Waals surface area contributed by atoms with Crippen LogP contribution in [0.25, 0.3) is 0 Å². The van der Waals surface area contributed by atoms with Crippen LogP contribution in [0.15, 0.2) is 20.3 Å². The molecule has 90 valence electrons. The van der Waals surface area contributed by atoms with Crippen molar-refractivity contribution in [2.75, 3.05) is 0 Å². The van der Waals surface area contributed by atoms with Crippen molar-refractivity contribution in [3.8, 4) is 0 Å². The van der Waals surface area contributed by atoms with Crippen molar-refractivity contribution in [1.82, 2.24) is 0 Å². The molecule has 1 aliphatic carbocycles. The van der Waals surface area contributed by atoms with E-state index in [1.807, 2.05) is 0 Å². The van der Waals surface area contributed by atoms with Crippen LogP contribution in [-0.4, -0.2) is 12.1 Å². The molecule has 5 heteroatoms. The first-order chi connectivity index (χ1) is 7.08. The zero-order valence-corrected chi connectivity index (χ0v) is 16.6. The van der Waals surface area contributed by atoms with E-state index in [2.05, 4.69) is 95.5 Å². The molecule has 16 heavy (non-hydrogen) atoms. The number of alkyl halides is 2.